The van der Waals surface area contributed by atoms with Crippen LogP contribution in [0, 0.1) is 0 Å². The van der Waals surface area contributed by atoms with Crippen LogP contribution in [0.15, 0.2) is 58.2 Å². The molecule has 3 aromatic rings. The highest BCUT2D eigenvalue weighted by atomic mass is 79.9. The fourth-order valence-corrected chi connectivity index (χ4v) is 3.55. The number of nitrogens with zero attached hydrogens (tertiary/aromatic N) is 3. The number of thioether (sulfide) groups is 1. The van der Waals surface area contributed by atoms with Gasteiger partial charge in [0.15, 0.2) is 11.0 Å². The molecule has 28 heavy (non-hydrogen) atoms. The lowest BCUT2D eigenvalue weighted by atomic mass is 10.3. The normalized spacial score (nSPS) is 11.9. The van der Waals surface area contributed by atoms with E-state index < -0.39 is 0 Å². The van der Waals surface area contributed by atoms with Crippen molar-refractivity contribution in [2.24, 2.45) is 7.05 Å². The van der Waals surface area contributed by atoms with Crippen LogP contribution in [-0.4, -0.2) is 25.9 Å². The molecular weight excluding hydrogens is 464 g/mol. The molecule has 0 bridgehead atoms. The number of nitrogens with one attached hydrogen (secondary N) is 1. The first-order valence-electron chi connectivity index (χ1n) is 8.42. The summed E-state index contributed by atoms with van der Waals surface area (Å²) in [4.78, 5) is 12.4. The number of carbonyl (C=O) groups excluding carboxylic acids is 1. The third kappa shape index (κ3) is 5.27. The Balaban J connectivity index is 1.59. The molecule has 0 aliphatic carbocycles. The number of ether oxygens (including phenoxy) is 1. The number of halogens is 2. The molecular formula is C19H18BrClN4O2S. The number of anilines is 1. The lowest BCUT2D eigenvalue weighted by molar-refractivity contribution is -0.115. The van der Waals surface area contributed by atoms with Crippen molar-refractivity contribution < 1.29 is 9.53 Å². The minimum absolute atomic E-state index is 0.107. The van der Waals surface area contributed by atoms with Gasteiger partial charge in [-0.15, -0.1) is 10.2 Å². The molecule has 1 heterocycles. The van der Waals surface area contributed by atoms with E-state index in [9.17, 15) is 4.79 Å². The van der Waals surface area contributed by atoms with Crippen LogP contribution in [0.3, 0.4) is 0 Å². The molecule has 0 aliphatic heterocycles. The highest BCUT2D eigenvalue weighted by Crippen LogP contribution is 2.26. The zero-order valence-electron chi connectivity index (χ0n) is 15.2. The van der Waals surface area contributed by atoms with Crippen LogP contribution in [0.2, 0.25) is 5.02 Å². The first-order chi connectivity index (χ1) is 13.4. The summed E-state index contributed by atoms with van der Waals surface area (Å²) < 4.78 is 8.48. The van der Waals surface area contributed by atoms with E-state index in [1.807, 2.05) is 54.9 Å². The summed E-state index contributed by atoms with van der Waals surface area (Å²) in [5.41, 5.74) is 0.743. The Labute approximate surface area is 180 Å². The second-order valence-corrected chi connectivity index (χ2v) is 8.56. The number of amides is 1. The summed E-state index contributed by atoms with van der Waals surface area (Å²) in [6, 6.07) is 14.7. The number of carbonyl (C=O) groups is 1. The van der Waals surface area contributed by atoms with Crippen molar-refractivity contribution in [2.45, 2.75) is 23.9 Å². The lowest BCUT2D eigenvalue weighted by Gasteiger charge is -2.12. The average molecular weight is 482 g/mol. The molecule has 1 amide bonds. The van der Waals surface area contributed by atoms with Crippen LogP contribution >= 0.6 is 39.3 Å². The molecule has 1 unspecified atom stereocenters. The van der Waals surface area contributed by atoms with E-state index in [0.29, 0.717) is 21.8 Å². The summed E-state index contributed by atoms with van der Waals surface area (Å²) in [7, 11) is 1.84. The second kappa shape index (κ2) is 9.45. The van der Waals surface area contributed by atoms with Crippen molar-refractivity contribution in [3.63, 3.8) is 0 Å². The van der Waals surface area contributed by atoms with Gasteiger partial charge in [0, 0.05) is 17.2 Å². The highest BCUT2D eigenvalue weighted by molar-refractivity contribution is 9.10. The Morgan fingerprint density at radius 1 is 1.25 bits per heavy atom. The van der Waals surface area contributed by atoms with Crippen LogP contribution in [0.25, 0.3) is 0 Å². The van der Waals surface area contributed by atoms with E-state index in [0.717, 1.165) is 10.2 Å². The van der Waals surface area contributed by atoms with Gasteiger partial charge in [0.1, 0.15) is 12.4 Å². The lowest BCUT2D eigenvalue weighted by Crippen LogP contribution is -2.22. The predicted molar refractivity (Wildman–Crippen MR) is 115 cm³/mol. The molecule has 0 aliphatic rings. The number of para-hydroxylation sites is 1. The maximum atomic E-state index is 12.4. The molecule has 0 spiro atoms. The molecule has 1 aromatic heterocycles. The van der Waals surface area contributed by atoms with E-state index in [4.69, 9.17) is 16.3 Å². The maximum Gasteiger partial charge on any atom is 0.237 e. The Hall–Kier alpha value is -2.03. The Bertz CT molecular complexity index is 965. The van der Waals surface area contributed by atoms with Crippen LogP contribution in [0.4, 0.5) is 5.69 Å². The van der Waals surface area contributed by atoms with Gasteiger partial charge >= 0.3 is 0 Å². The Morgan fingerprint density at radius 3 is 2.68 bits per heavy atom. The van der Waals surface area contributed by atoms with Crippen molar-refractivity contribution in [1.29, 1.82) is 0 Å². The van der Waals surface area contributed by atoms with Gasteiger partial charge in [-0.3, -0.25) is 4.79 Å². The highest BCUT2D eigenvalue weighted by Gasteiger charge is 2.19. The smallest absolute Gasteiger partial charge is 0.237 e. The fraction of sp³-hybridized carbons (Fsp3) is 0.211. The number of aromatic nitrogens is 3. The molecule has 2 aromatic carbocycles. The molecule has 0 radical (unpaired) electrons. The van der Waals surface area contributed by atoms with E-state index in [1.54, 1.807) is 12.1 Å². The van der Waals surface area contributed by atoms with Crippen LogP contribution in [-0.2, 0) is 18.4 Å². The first kappa shape index (κ1) is 20.7. The summed E-state index contributed by atoms with van der Waals surface area (Å²) in [6.07, 6.45) is 0. The Morgan fingerprint density at radius 2 is 1.96 bits per heavy atom. The van der Waals surface area contributed by atoms with Gasteiger partial charge < -0.3 is 14.6 Å². The predicted octanol–water partition coefficient (Wildman–Crippen LogP) is 4.93. The van der Waals surface area contributed by atoms with Crippen molar-refractivity contribution in [1.82, 2.24) is 14.8 Å². The minimum atomic E-state index is -0.344. The molecule has 1 atom stereocenters. The zero-order chi connectivity index (χ0) is 20.1. The number of hydrogen-bond acceptors (Lipinski definition) is 5. The molecule has 0 saturated heterocycles. The van der Waals surface area contributed by atoms with Gasteiger partial charge in [-0.25, -0.2) is 0 Å². The van der Waals surface area contributed by atoms with Crippen LogP contribution in [0.5, 0.6) is 5.75 Å². The van der Waals surface area contributed by atoms with E-state index in [-0.39, 0.29) is 17.8 Å². The summed E-state index contributed by atoms with van der Waals surface area (Å²) in [5, 5.41) is 12.0. The third-order valence-corrected chi connectivity index (χ3v) is 5.86. The maximum absolute atomic E-state index is 12.4. The monoisotopic (exact) mass is 480 g/mol. The summed E-state index contributed by atoms with van der Waals surface area (Å²) in [5.74, 6) is 1.12. The third-order valence-electron chi connectivity index (χ3n) is 3.88. The quantitative estimate of drug-likeness (QED) is 0.485. The van der Waals surface area contributed by atoms with E-state index >= 15 is 0 Å². The molecule has 0 saturated carbocycles. The standard InChI is InChI=1S/C19H18BrClN4O2S/c1-12(18(26)22-14-9-7-13(20)8-10-14)28-19-24-23-17(25(19)2)11-27-16-6-4-3-5-15(16)21/h3-10,12H,11H2,1-2H3,(H,22,26). The van der Waals surface area contributed by atoms with Gasteiger partial charge in [0.05, 0.1) is 10.3 Å². The molecule has 3 rings (SSSR count). The number of rotatable bonds is 7. The average Bonchev–Trinajstić information content (AvgIpc) is 3.02. The first-order valence-corrected chi connectivity index (χ1v) is 10.5. The minimum Gasteiger partial charge on any atom is -0.484 e. The number of hydrogen-bond donors (Lipinski definition) is 1. The van der Waals surface area contributed by atoms with E-state index in [2.05, 4.69) is 31.4 Å². The second-order valence-electron chi connectivity index (χ2n) is 5.93. The molecule has 6 nitrogen and oxygen atoms in total. The van der Waals surface area contributed by atoms with Crippen molar-refractivity contribution in [2.75, 3.05) is 5.32 Å². The van der Waals surface area contributed by atoms with Gasteiger partial charge in [-0.1, -0.05) is 51.4 Å². The molecule has 1 N–H and O–H groups in total. The van der Waals surface area contributed by atoms with Crippen LogP contribution in [0.1, 0.15) is 12.7 Å². The van der Waals surface area contributed by atoms with Crippen molar-refractivity contribution in [3.05, 3.63) is 63.9 Å². The topological polar surface area (TPSA) is 69.0 Å². The fourth-order valence-electron chi connectivity index (χ4n) is 2.27. The van der Waals surface area contributed by atoms with Crippen molar-refractivity contribution in [3.8, 4) is 5.75 Å². The molecule has 0 fully saturated rings. The van der Waals surface area contributed by atoms with Crippen molar-refractivity contribution >= 4 is 50.9 Å². The molecule has 146 valence electrons. The van der Waals surface area contributed by atoms with Gasteiger partial charge in [0.2, 0.25) is 5.91 Å². The van der Waals surface area contributed by atoms with E-state index in [1.165, 1.54) is 11.8 Å². The SMILES string of the molecule is CC(Sc1nnc(COc2ccccc2Cl)n1C)C(=O)Nc1ccc(Br)cc1. The van der Waals surface area contributed by atoms with Gasteiger partial charge in [0.25, 0.3) is 0 Å². The Kier molecular flexibility index (Phi) is 6.98. The summed E-state index contributed by atoms with van der Waals surface area (Å²) in [6.45, 7) is 2.06. The van der Waals surface area contributed by atoms with Gasteiger partial charge in [-0.2, -0.15) is 0 Å². The largest absolute Gasteiger partial charge is 0.484 e. The number of benzene rings is 2. The van der Waals surface area contributed by atoms with Crippen LogP contribution < -0.4 is 10.1 Å². The molecule has 9 heteroatoms. The van der Waals surface area contributed by atoms with Gasteiger partial charge in [-0.05, 0) is 43.3 Å². The summed E-state index contributed by atoms with van der Waals surface area (Å²) >= 11 is 10.8. The zero-order valence-corrected chi connectivity index (χ0v) is 18.4.